The number of halogens is 2. The van der Waals surface area contributed by atoms with E-state index < -0.39 is 40.0 Å². The van der Waals surface area contributed by atoms with E-state index in [1.165, 1.54) is 0 Å². The molecule has 1 aromatic carbocycles. The summed E-state index contributed by atoms with van der Waals surface area (Å²) >= 11 is 5.62. The lowest BCUT2D eigenvalue weighted by Gasteiger charge is -2.15. The van der Waals surface area contributed by atoms with E-state index in [4.69, 9.17) is 27.5 Å². The van der Waals surface area contributed by atoms with Crippen LogP contribution in [0.2, 0.25) is 5.02 Å². The SMILES string of the molecule is Nc1cc(S(=O)(=O)NC(CO)CO)c(Cl)cc1F. The number of sulfonamides is 1. The van der Waals surface area contributed by atoms with E-state index in [0.717, 1.165) is 12.1 Å². The van der Waals surface area contributed by atoms with Crippen LogP contribution < -0.4 is 10.5 Å². The highest BCUT2D eigenvalue weighted by Crippen LogP contribution is 2.26. The Kier molecular flexibility index (Phi) is 4.88. The Morgan fingerprint density at radius 3 is 2.44 bits per heavy atom. The van der Waals surface area contributed by atoms with Crippen molar-refractivity contribution >= 4 is 27.3 Å². The minimum atomic E-state index is -4.10. The van der Waals surface area contributed by atoms with Crippen molar-refractivity contribution < 1.29 is 23.0 Å². The second-order valence-corrected chi connectivity index (χ2v) is 5.58. The highest BCUT2D eigenvalue weighted by molar-refractivity contribution is 7.89. The minimum absolute atomic E-state index is 0.344. The number of hydrogen-bond acceptors (Lipinski definition) is 5. The summed E-state index contributed by atoms with van der Waals surface area (Å²) in [7, 11) is -4.10. The fraction of sp³-hybridized carbons (Fsp3) is 0.333. The molecule has 0 radical (unpaired) electrons. The Labute approximate surface area is 108 Å². The maximum Gasteiger partial charge on any atom is 0.242 e. The van der Waals surface area contributed by atoms with Crippen molar-refractivity contribution in [1.82, 2.24) is 4.72 Å². The molecular formula is C9H12ClFN2O4S. The fourth-order valence-electron chi connectivity index (χ4n) is 1.17. The van der Waals surface area contributed by atoms with Crippen molar-refractivity contribution in [3.63, 3.8) is 0 Å². The van der Waals surface area contributed by atoms with E-state index in [9.17, 15) is 12.8 Å². The van der Waals surface area contributed by atoms with E-state index in [1.54, 1.807) is 0 Å². The molecule has 0 spiro atoms. The van der Waals surface area contributed by atoms with Gasteiger partial charge in [0, 0.05) is 0 Å². The summed E-state index contributed by atoms with van der Waals surface area (Å²) in [6.07, 6.45) is 0. The average molecular weight is 299 g/mol. The van der Waals surface area contributed by atoms with E-state index >= 15 is 0 Å². The van der Waals surface area contributed by atoms with Gasteiger partial charge in [0.05, 0.1) is 30.0 Å². The standard InChI is InChI=1S/C9H12ClFN2O4S/c10-6-1-7(11)8(12)2-9(6)18(16,17)13-5(3-14)4-15/h1-2,5,13-15H,3-4,12H2. The maximum absolute atomic E-state index is 13.0. The Morgan fingerprint density at radius 1 is 1.39 bits per heavy atom. The predicted molar refractivity (Wildman–Crippen MR) is 64.1 cm³/mol. The van der Waals surface area contributed by atoms with E-state index in [0.29, 0.717) is 0 Å². The molecule has 102 valence electrons. The number of anilines is 1. The molecule has 0 aliphatic rings. The van der Waals surface area contributed by atoms with Crippen molar-refractivity contribution in [2.75, 3.05) is 18.9 Å². The van der Waals surface area contributed by atoms with Crippen LogP contribution >= 0.6 is 11.6 Å². The first kappa shape index (κ1) is 15.1. The van der Waals surface area contributed by atoms with Crippen molar-refractivity contribution in [2.24, 2.45) is 0 Å². The number of aliphatic hydroxyl groups is 2. The van der Waals surface area contributed by atoms with Crippen molar-refractivity contribution in [3.8, 4) is 0 Å². The van der Waals surface area contributed by atoms with Gasteiger partial charge in [-0.2, -0.15) is 0 Å². The second-order valence-electron chi connectivity index (χ2n) is 3.49. The van der Waals surface area contributed by atoms with Gasteiger partial charge in [0.25, 0.3) is 0 Å². The van der Waals surface area contributed by atoms with Crippen molar-refractivity contribution in [2.45, 2.75) is 10.9 Å². The lowest BCUT2D eigenvalue weighted by atomic mass is 10.3. The summed E-state index contributed by atoms with van der Waals surface area (Å²) < 4.78 is 38.7. The summed E-state index contributed by atoms with van der Waals surface area (Å²) in [5, 5.41) is 17.3. The predicted octanol–water partition coefficient (Wildman–Crippen LogP) is -0.307. The number of benzene rings is 1. The third kappa shape index (κ3) is 3.30. The summed E-state index contributed by atoms with van der Waals surface area (Å²) in [5.41, 5.74) is 4.89. The summed E-state index contributed by atoms with van der Waals surface area (Å²) in [6.45, 7) is -1.19. The van der Waals surface area contributed by atoms with Gasteiger partial charge < -0.3 is 15.9 Å². The molecule has 0 heterocycles. The minimum Gasteiger partial charge on any atom is -0.396 e. The number of nitrogens with two attached hydrogens (primary N) is 1. The van der Waals surface area contributed by atoms with E-state index in [2.05, 4.69) is 0 Å². The molecule has 6 nitrogen and oxygen atoms in total. The summed E-state index contributed by atoms with van der Waals surface area (Å²) in [6, 6.07) is 0.571. The van der Waals surface area contributed by atoms with Gasteiger partial charge >= 0.3 is 0 Å². The molecule has 0 fully saturated rings. The van der Waals surface area contributed by atoms with Crippen LogP contribution in [0.4, 0.5) is 10.1 Å². The van der Waals surface area contributed by atoms with Crippen LogP contribution in [0, 0.1) is 5.82 Å². The maximum atomic E-state index is 13.0. The fourth-order valence-corrected chi connectivity index (χ4v) is 2.93. The van der Waals surface area contributed by atoms with Crippen molar-refractivity contribution in [3.05, 3.63) is 23.0 Å². The van der Waals surface area contributed by atoms with Gasteiger partial charge in [-0.15, -0.1) is 0 Å². The van der Waals surface area contributed by atoms with Crippen LogP contribution in [-0.4, -0.2) is 37.9 Å². The molecule has 0 aromatic heterocycles. The van der Waals surface area contributed by atoms with Gasteiger partial charge in [-0.25, -0.2) is 17.5 Å². The lowest BCUT2D eigenvalue weighted by molar-refractivity contribution is 0.185. The zero-order valence-corrected chi connectivity index (χ0v) is 10.7. The number of aliphatic hydroxyl groups excluding tert-OH is 2. The lowest BCUT2D eigenvalue weighted by Crippen LogP contribution is -2.40. The molecule has 18 heavy (non-hydrogen) atoms. The van der Waals surface area contributed by atoms with Gasteiger partial charge in [-0.05, 0) is 12.1 Å². The molecule has 0 aliphatic carbocycles. The number of hydrogen-bond donors (Lipinski definition) is 4. The Morgan fingerprint density at radius 2 is 1.94 bits per heavy atom. The van der Waals surface area contributed by atoms with Crippen LogP contribution in [0.15, 0.2) is 17.0 Å². The first-order chi connectivity index (χ1) is 8.31. The van der Waals surface area contributed by atoms with Crippen molar-refractivity contribution in [1.29, 1.82) is 0 Å². The summed E-state index contributed by atoms with van der Waals surface area (Å²) in [4.78, 5) is -0.421. The first-order valence-corrected chi connectivity index (χ1v) is 6.66. The molecular weight excluding hydrogens is 287 g/mol. The smallest absolute Gasteiger partial charge is 0.242 e. The van der Waals surface area contributed by atoms with Crippen LogP contribution in [-0.2, 0) is 10.0 Å². The molecule has 5 N–H and O–H groups in total. The topological polar surface area (TPSA) is 113 Å². The van der Waals surface area contributed by atoms with E-state index in [1.807, 2.05) is 4.72 Å². The van der Waals surface area contributed by atoms with Gasteiger partial charge in [-0.3, -0.25) is 0 Å². The molecule has 1 rings (SSSR count). The van der Waals surface area contributed by atoms with Gasteiger partial charge in [0.15, 0.2) is 0 Å². The monoisotopic (exact) mass is 298 g/mol. The second kappa shape index (κ2) is 5.81. The Bertz CT molecular complexity index is 534. The number of nitrogen functional groups attached to an aromatic ring is 1. The largest absolute Gasteiger partial charge is 0.396 e. The van der Waals surface area contributed by atoms with Crippen LogP contribution in [0.25, 0.3) is 0 Å². The molecule has 0 amide bonds. The number of rotatable bonds is 5. The molecule has 0 aliphatic heterocycles. The molecule has 1 aromatic rings. The molecule has 0 bridgehead atoms. The molecule has 0 saturated heterocycles. The van der Waals surface area contributed by atoms with Crippen LogP contribution in [0.3, 0.4) is 0 Å². The Balaban J connectivity index is 3.16. The quantitative estimate of drug-likeness (QED) is 0.557. The third-order valence-corrected chi connectivity index (χ3v) is 4.09. The first-order valence-electron chi connectivity index (χ1n) is 4.80. The molecule has 0 unspecified atom stereocenters. The number of nitrogens with one attached hydrogen (secondary N) is 1. The van der Waals surface area contributed by atoms with Gasteiger partial charge in [-0.1, -0.05) is 11.6 Å². The van der Waals surface area contributed by atoms with Gasteiger partial charge in [0.2, 0.25) is 10.0 Å². The van der Waals surface area contributed by atoms with Gasteiger partial charge in [0.1, 0.15) is 10.7 Å². The molecule has 0 saturated carbocycles. The molecule has 0 atom stereocenters. The van der Waals surface area contributed by atoms with Crippen LogP contribution in [0.5, 0.6) is 0 Å². The van der Waals surface area contributed by atoms with E-state index in [-0.39, 0.29) is 10.7 Å². The highest BCUT2D eigenvalue weighted by Gasteiger charge is 2.23. The zero-order valence-electron chi connectivity index (χ0n) is 9.10. The third-order valence-electron chi connectivity index (χ3n) is 2.10. The van der Waals surface area contributed by atoms with Crippen LogP contribution in [0.1, 0.15) is 0 Å². The average Bonchev–Trinajstić information content (AvgIpc) is 2.30. The summed E-state index contributed by atoms with van der Waals surface area (Å²) in [5.74, 6) is -0.834. The highest BCUT2D eigenvalue weighted by atomic mass is 35.5. The zero-order chi connectivity index (χ0) is 13.9. The Hall–Kier alpha value is -0.930. The molecule has 9 heteroatoms. The normalized spacial score (nSPS) is 12.1.